The zero-order chi connectivity index (χ0) is 55.6. The van der Waals surface area contributed by atoms with Crippen LogP contribution < -0.4 is 0 Å². The number of allylic oxidation sites excluding steroid dienone is 2. The Balaban J connectivity index is 0.910. The molecule has 28 unspecified atom stereocenters. The summed E-state index contributed by atoms with van der Waals surface area (Å²) in [6.45, 7) is 12.9. The lowest BCUT2D eigenvalue weighted by Gasteiger charge is -2.71. The molecule has 0 aromatic heterocycles. The number of esters is 1. The van der Waals surface area contributed by atoms with Gasteiger partial charge in [-0.15, -0.1) is 0 Å². The van der Waals surface area contributed by atoms with Gasteiger partial charge in [-0.1, -0.05) is 60.1 Å². The first kappa shape index (κ1) is 59.0. The van der Waals surface area contributed by atoms with Crippen molar-refractivity contribution in [3.63, 3.8) is 0 Å². The molecule has 23 heteroatoms. The summed E-state index contributed by atoms with van der Waals surface area (Å²) in [6.07, 6.45) is -25.3. The molecule has 9 aliphatic rings. The molecule has 4 heterocycles. The van der Waals surface area contributed by atoms with Gasteiger partial charge in [0.2, 0.25) is 6.29 Å². The second-order valence-corrected chi connectivity index (χ2v) is 25.9. The van der Waals surface area contributed by atoms with Gasteiger partial charge in [0.1, 0.15) is 97.0 Å². The molecule has 4 saturated heterocycles. The minimum atomic E-state index is -1.91. The summed E-state index contributed by atoms with van der Waals surface area (Å²) in [7, 11) is 0. The molecular formula is C53H86O23. The fourth-order valence-electron chi connectivity index (χ4n) is 16.3. The van der Waals surface area contributed by atoms with Gasteiger partial charge in [-0.3, -0.25) is 4.79 Å². The molecule has 4 saturated carbocycles. The van der Waals surface area contributed by atoms with Gasteiger partial charge < -0.3 is 109 Å². The average Bonchev–Trinajstić information content (AvgIpc) is 3.36. The fraction of sp³-hybridized carbons (Fsp3) is 0.943. The molecule has 14 N–H and O–H groups in total. The predicted molar refractivity (Wildman–Crippen MR) is 258 cm³/mol. The van der Waals surface area contributed by atoms with Crippen LogP contribution >= 0.6 is 0 Å². The number of ether oxygens (including phenoxy) is 8. The maximum atomic E-state index is 14.8. The molecule has 23 nitrogen and oxygen atoms in total. The van der Waals surface area contributed by atoms with E-state index in [1.807, 2.05) is 0 Å². The SMILES string of the molecule is CC1(C)CCC2(C(=O)OC3OC(CO)C(O)C(O)C3O)C(O)CC3(C)C(=CCC4C5(C)CCC(OC6OCC(O)C(OC7OC(CO)C(O)C(OC8OC(CO)C(O)C(O)C8O)C7O)C6O)C(C)(C)C5CCC43C)C2C1. The predicted octanol–water partition coefficient (Wildman–Crippen LogP) is -2.43. The van der Waals surface area contributed by atoms with E-state index in [9.17, 15) is 76.3 Å². The van der Waals surface area contributed by atoms with Gasteiger partial charge in [0.25, 0.3) is 0 Å². The van der Waals surface area contributed by atoms with E-state index in [1.165, 1.54) is 0 Å². The molecule has 5 aliphatic carbocycles. The van der Waals surface area contributed by atoms with Gasteiger partial charge in [0, 0.05) is 0 Å². The molecule has 0 amide bonds. The molecule has 28 atom stereocenters. The lowest BCUT2D eigenvalue weighted by Crippen LogP contribution is -2.68. The number of hydrogen-bond donors (Lipinski definition) is 14. The summed E-state index contributed by atoms with van der Waals surface area (Å²) in [5, 5.41) is 151. The molecule has 0 aromatic carbocycles. The van der Waals surface area contributed by atoms with E-state index in [0.29, 0.717) is 32.1 Å². The van der Waals surface area contributed by atoms with E-state index in [0.717, 1.165) is 24.8 Å². The van der Waals surface area contributed by atoms with Crippen LogP contribution in [-0.4, -0.2) is 233 Å². The summed E-state index contributed by atoms with van der Waals surface area (Å²) in [5.41, 5.74) is -2.15. The third kappa shape index (κ3) is 9.37. The van der Waals surface area contributed by atoms with Crippen molar-refractivity contribution < 1.29 is 114 Å². The molecular weight excluding hydrogens is 1000 g/mol. The van der Waals surface area contributed by atoms with Gasteiger partial charge >= 0.3 is 5.97 Å². The lowest BCUT2D eigenvalue weighted by atomic mass is 9.33. The van der Waals surface area contributed by atoms with Crippen molar-refractivity contribution in [2.75, 3.05) is 26.4 Å². The molecule has 8 fully saturated rings. The third-order valence-corrected chi connectivity index (χ3v) is 21.1. The number of carbonyl (C=O) groups is 1. The zero-order valence-corrected chi connectivity index (χ0v) is 44.6. The quantitative estimate of drug-likeness (QED) is 0.0581. The van der Waals surface area contributed by atoms with Crippen molar-refractivity contribution in [2.24, 2.45) is 50.2 Å². The minimum Gasteiger partial charge on any atom is -0.432 e. The summed E-state index contributed by atoms with van der Waals surface area (Å²) in [5.74, 6) is -0.955. The van der Waals surface area contributed by atoms with E-state index >= 15 is 0 Å². The largest absolute Gasteiger partial charge is 0.432 e. The van der Waals surface area contributed by atoms with Crippen molar-refractivity contribution in [3.05, 3.63) is 11.6 Å². The van der Waals surface area contributed by atoms with Crippen LogP contribution in [0.15, 0.2) is 11.6 Å². The summed E-state index contributed by atoms with van der Waals surface area (Å²) >= 11 is 0. The summed E-state index contributed by atoms with van der Waals surface area (Å²) in [4.78, 5) is 14.8. The average molecular weight is 1090 g/mol. The number of hydrogen-bond acceptors (Lipinski definition) is 23. The molecule has 0 spiro atoms. The number of aliphatic hydroxyl groups is 14. The highest BCUT2D eigenvalue weighted by molar-refractivity contribution is 5.80. The number of carbonyl (C=O) groups excluding carboxylic acids is 1. The van der Waals surface area contributed by atoms with Crippen molar-refractivity contribution >= 4 is 5.97 Å². The number of aliphatic hydroxyl groups excluding tert-OH is 14. The van der Waals surface area contributed by atoms with Crippen molar-refractivity contribution in [1.29, 1.82) is 0 Å². The van der Waals surface area contributed by atoms with Crippen molar-refractivity contribution in [2.45, 2.75) is 235 Å². The highest BCUT2D eigenvalue weighted by atomic mass is 16.8. The van der Waals surface area contributed by atoms with Crippen LogP contribution in [0.2, 0.25) is 0 Å². The Hall–Kier alpha value is -1.63. The normalized spacial score (nSPS) is 54.0. The Morgan fingerprint density at radius 3 is 1.75 bits per heavy atom. The van der Waals surface area contributed by atoms with Crippen LogP contribution in [0, 0.1) is 50.2 Å². The molecule has 0 aromatic rings. The lowest BCUT2D eigenvalue weighted by molar-refractivity contribution is -0.379. The van der Waals surface area contributed by atoms with Crippen LogP contribution in [0.4, 0.5) is 0 Å². The first-order chi connectivity index (χ1) is 35.6. The Morgan fingerprint density at radius 2 is 1.13 bits per heavy atom. The minimum absolute atomic E-state index is 0.0942. The smallest absolute Gasteiger partial charge is 0.317 e. The maximum absolute atomic E-state index is 14.8. The van der Waals surface area contributed by atoms with Gasteiger partial charge in [0.15, 0.2) is 18.9 Å². The second kappa shape index (κ2) is 21.3. The van der Waals surface area contributed by atoms with E-state index in [4.69, 9.17) is 37.9 Å². The van der Waals surface area contributed by atoms with Gasteiger partial charge in [0.05, 0.1) is 38.6 Å². The van der Waals surface area contributed by atoms with Crippen LogP contribution in [-0.2, 0) is 42.7 Å². The van der Waals surface area contributed by atoms with Crippen LogP contribution in [0.1, 0.15) is 106 Å². The second-order valence-electron chi connectivity index (χ2n) is 25.9. The molecule has 0 radical (unpaired) electrons. The topological polar surface area (TPSA) is 374 Å². The van der Waals surface area contributed by atoms with E-state index in [2.05, 4.69) is 54.5 Å². The van der Waals surface area contributed by atoms with Gasteiger partial charge in [-0.05, 0) is 103 Å². The monoisotopic (exact) mass is 1090 g/mol. The Labute approximate surface area is 442 Å². The maximum Gasteiger partial charge on any atom is 0.317 e. The molecule has 76 heavy (non-hydrogen) atoms. The van der Waals surface area contributed by atoms with Crippen LogP contribution in [0.5, 0.6) is 0 Å². The highest BCUT2D eigenvalue weighted by Crippen LogP contribution is 2.76. The fourth-order valence-corrected chi connectivity index (χ4v) is 16.3. The summed E-state index contributed by atoms with van der Waals surface area (Å²) in [6, 6.07) is 0. The number of fused-ring (bicyclic) bond motifs is 7. The molecule has 436 valence electrons. The standard InChI is InChI=1S/C53H86O23/c1-48(2)14-15-53(47(68)76-45-38(65)36(63)33(60)26(19-55)71-45)23(16-48)22-8-9-29-50(5)12-11-31(49(3,4)28(50)10-13-51(29,6)52(22,7)17-30(53)58)73-43-39(66)41(24(57)21-69-43)74-46-40(67)42(34(61)27(20-56)72-46)75-44-37(64)35(62)32(59)25(18-54)70-44/h8,23-46,54-67H,9-21H2,1-7H3. The van der Waals surface area contributed by atoms with Crippen molar-refractivity contribution in [1.82, 2.24) is 0 Å². The molecule has 9 rings (SSSR count). The molecule has 4 aliphatic heterocycles. The zero-order valence-electron chi connectivity index (χ0n) is 44.6. The van der Waals surface area contributed by atoms with Crippen molar-refractivity contribution in [3.8, 4) is 0 Å². The van der Waals surface area contributed by atoms with Crippen LogP contribution in [0.25, 0.3) is 0 Å². The Bertz CT molecular complexity index is 2090. The first-order valence-electron chi connectivity index (χ1n) is 27.3. The van der Waals surface area contributed by atoms with E-state index in [-0.39, 0.29) is 41.1 Å². The van der Waals surface area contributed by atoms with Gasteiger partial charge in [-0.25, -0.2) is 0 Å². The van der Waals surface area contributed by atoms with Crippen LogP contribution in [0.3, 0.4) is 0 Å². The third-order valence-electron chi connectivity index (χ3n) is 21.1. The summed E-state index contributed by atoms with van der Waals surface area (Å²) < 4.78 is 47.1. The number of rotatable bonds is 11. The Morgan fingerprint density at radius 1 is 0.579 bits per heavy atom. The highest BCUT2D eigenvalue weighted by Gasteiger charge is 2.72. The first-order valence-corrected chi connectivity index (χ1v) is 27.3. The molecule has 0 bridgehead atoms. The van der Waals surface area contributed by atoms with Gasteiger partial charge in [-0.2, -0.15) is 0 Å². The van der Waals surface area contributed by atoms with E-state index in [1.54, 1.807) is 0 Å². The van der Waals surface area contributed by atoms with E-state index < -0.39 is 177 Å². The Kier molecular flexibility index (Phi) is 16.5.